The second-order valence-corrected chi connectivity index (χ2v) is 5.09. The van der Waals surface area contributed by atoms with E-state index in [4.69, 9.17) is 0 Å². The maximum Gasteiger partial charge on any atom is 0.212 e. The van der Waals surface area contributed by atoms with Gasteiger partial charge in [0.15, 0.2) is 0 Å². The second kappa shape index (κ2) is 3.67. The number of imidazole rings is 1. The molecule has 0 radical (unpaired) electrons. The Hall–Kier alpha value is -1.68. The van der Waals surface area contributed by atoms with Crippen LogP contribution in [-0.4, -0.2) is 14.6 Å². The van der Waals surface area contributed by atoms with Crippen molar-refractivity contribution in [1.29, 1.82) is 0 Å². The van der Waals surface area contributed by atoms with Crippen molar-refractivity contribution >= 4 is 16.3 Å². The van der Waals surface area contributed by atoms with E-state index in [0.29, 0.717) is 0 Å². The number of fused-ring (bicyclic) bond motifs is 1. The molecule has 0 bridgehead atoms. The summed E-state index contributed by atoms with van der Waals surface area (Å²) in [6, 6.07) is 6.46. The molecule has 0 aliphatic carbocycles. The van der Waals surface area contributed by atoms with Gasteiger partial charge in [-0.25, -0.2) is 9.50 Å². The third-order valence-corrected chi connectivity index (χ3v) is 3.82. The summed E-state index contributed by atoms with van der Waals surface area (Å²) in [4.78, 5) is 5.59. The van der Waals surface area contributed by atoms with Crippen LogP contribution in [0.15, 0.2) is 23.7 Å². The van der Waals surface area contributed by atoms with Crippen LogP contribution in [0.1, 0.15) is 16.8 Å². The highest BCUT2D eigenvalue weighted by Gasteiger charge is 2.12. The van der Waals surface area contributed by atoms with Gasteiger partial charge in [0.1, 0.15) is 5.51 Å². The summed E-state index contributed by atoms with van der Waals surface area (Å²) >= 11 is 1.57. The Labute approximate surface area is 104 Å². The zero-order valence-electron chi connectivity index (χ0n) is 10.1. The molecule has 0 atom stereocenters. The zero-order valence-corrected chi connectivity index (χ0v) is 10.9. The number of aromatic nitrogens is 3. The highest BCUT2D eigenvalue weighted by atomic mass is 32.1. The Morgan fingerprint density at radius 2 is 1.94 bits per heavy atom. The topological polar surface area (TPSA) is 30.2 Å². The lowest BCUT2D eigenvalue weighted by Crippen LogP contribution is -1.89. The molecule has 3 nitrogen and oxygen atoms in total. The largest absolute Gasteiger partial charge is 0.217 e. The van der Waals surface area contributed by atoms with E-state index in [9.17, 15) is 0 Å². The lowest BCUT2D eigenvalue weighted by Gasteiger charge is -2.03. The van der Waals surface area contributed by atoms with Gasteiger partial charge in [-0.2, -0.15) is 5.10 Å². The first-order valence-electron chi connectivity index (χ1n) is 5.53. The summed E-state index contributed by atoms with van der Waals surface area (Å²) in [5.74, 6) is 0. The Kier molecular flexibility index (Phi) is 2.26. The monoisotopic (exact) mass is 243 g/mol. The molecule has 3 rings (SSSR count). The average molecular weight is 243 g/mol. The van der Waals surface area contributed by atoms with Gasteiger partial charge < -0.3 is 0 Å². The van der Waals surface area contributed by atoms with E-state index in [2.05, 4.69) is 49.1 Å². The number of nitrogens with zero attached hydrogens (tertiary/aromatic N) is 3. The predicted molar refractivity (Wildman–Crippen MR) is 70.5 cm³/mol. The van der Waals surface area contributed by atoms with Crippen molar-refractivity contribution in [2.24, 2.45) is 0 Å². The lowest BCUT2D eigenvalue weighted by atomic mass is 10.0. The van der Waals surface area contributed by atoms with E-state index in [0.717, 1.165) is 16.3 Å². The van der Waals surface area contributed by atoms with Crippen molar-refractivity contribution in [3.8, 4) is 11.3 Å². The van der Waals surface area contributed by atoms with Crippen molar-refractivity contribution < 1.29 is 0 Å². The van der Waals surface area contributed by atoms with Gasteiger partial charge in [0.05, 0.1) is 11.4 Å². The minimum Gasteiger partial charge on any atom is -0.217 e. The molecule has 0 fully saturated rings. The van der Waals surface area contributed by atoms with Crippen LogP contribution < -0.4 is 0 Å². The molecule has 0 N–H and O–H groups in total. The molecule has 17 heavy (non-hydrogen) atoms. The third kappa shape index (κ3) is 1.56. The molecule has 2 aromatic heterocycles. The summed E-state index contributed by atoms with van der Waals surface area (Å²) in [5, 5.41) is 4.28. The van der Waals surface area contributed by atoms with Crippen molar-refractivity contribution in [2.75, 3.05) is 0 Å². The standard InChI is InChI=1S/C13H13N3S/c1-8-4-5-11(6-9(8)2)12-10(3)16-13(15-12)17-7-14-16/h4-7H,1-3H3. The van der Waals surface area contributed by atoms with Gasteiger partial charge in [-0.1, -0.05) is 23.5 Å². The first-order chi connectivity index (χ1) is 8.16. The van der Waals surface area contributed by atoms with Crippen LogP contribution in [0.4, 0.5) is 0 Å². The summed E-state index contributed by atoms with van der Waals surface area (Å²) in [5.41, 5.74) is 7.73. The first kappa shape index (κ1) is 10.5. The maximum atomic E-state index is 4.63. The molecule has 1 aromatic carbocycles. The van der Waals surface area contributed by atoms with Gasteiger partial charge in [-0.05, 0) is 38.0 Å². The molecule has 0 amide bonds. The molecule has 3 aromatic rings. The highest BCUT2D eigenvalue weighted by Crippen LogP contribution is 2.26. The molecule has 0 saturated heterocycles. The van der Waals surface area contributed by atoms with E-state index in [1.807, 2.05) is 10.0 Å². The SMILES string of the molecule is Cc1ccc(-c2nc3scnn3c2C)cc1C. The number of hydrogen-bond donors (Lipinski definition) is 0. The van der Waals surface area contributed by atoms with Gasteiger partial charge in [-0.15, -0.1) is 0 Å². The summed E-state index contributed by atoms with van der Waals surface area (Å²) in [7, 11) is 0. The molecule has 0 aliphatic rings. The third-order valence-electron chi connectivity index (χ3n) is 3.15. The molecule has 2 heterocycles. The molecule has 86 valence electrons. The van der Waals surface area contributed by atoms with Crippen LogP contribution >= 0.6 is 11.3 Å². The van der Waals surface area contributed by atoms with Crippen LogP contribution in [0, 0.1) is 20.8 Å². The Morgan fingerprint density at radius 3 is 2.65 bits per heavy atom. The van der Waals surface area contributed by atoms with E-state index in [-0.39, 0.29) is 0 Å². The van der Waals surface area contributed by atoms with Gasteiger partial charge in [0.2, 0.25) is 4.96 Å². The normalized spacial score (nSPS) is 11.2. The van der Waals surface area contributed by atoms with Crippen molar-refractivity contribution in [3.63, 3.8) is 0 Å². The fourth-order valence-electron chi connectivity index (χ4n) is 1.96. The van der Waals surface area contributed by atoms with E-state index < -0.39 is 0 Å². The Morgan fingerprint density at radius 1 is 1.12 bits per heavy atom. The minimum atomic E-state index is 0.954. The summed E-state index contributed by atoms with van der Waals surface area (Å²) in [6.45, 7) is 6.31. The van der Waals surface area contributed by atoms with Crippen LogP contribution in [0.2, 0.25) is 0 Å². The Bertz CT molecular complexity index is 694. The summed E-state index contributed by atoms with van der Waals surface area (Å²) in [6.07, 6.45) is 0. The molecule has 0 aliphatic heterocycles. The highest BCUT2D eigenvalue weighted by molar-refractivity contribution is 7.14. The van der Waals surface area contributed by atoms with Gasteiger partial charge >= 0.3 is 0 Å². The molecular formula is C13H13N3S. The number of rotatable bonds is 1. The molecule has 0 saturated carbocycles. The maximum absolute atomic E-state index is 4.63. The first-order valence-corrected chi connectivity index (χ1v) is 6.41. The Balaban J connectivity index is 2.22. The fraction of sp³-hybridized carbons (Fsp3) is 0.231. The average Bonchev–Trinajstić information content (AvgIpc) is 2.86. The lowest BCUT2D eigenvalue weighted by molar-refractivity contribution is 0.932. The fourth-order valence-corrected chi connectivity index (χ4v) is 2.62. The van der Waals surface area contributed by atoms with E-state index in [1.54, 1.807) is 11.3 Å². The van der Waals surface area contributed by atoms with Crippen LogP contribution in [0.5, 0.6) is 0 Å². The molecule has 0 unspecified atom stereocenters. The van der Waals surface area contributed by atoms with Gasteiger partial charge in [0.25, 0.3) is 0 Å². The molecule has 0 spiro atoms. The van der Waals surface area contributed by atoms with Gasteiger partial charge in [-0.3, -0.25) is 0 Å². The quantitative estimate of drug-likeness (QED) is 0.656. The smallest absolute Gasteiger partial charge is 0.212 e. The van der Waals surface area contributed by atoms with Crippen LogP contribution in [0.25, 0.3) is 16.2 Å². The summed E-state index contributed by atoms with van der Waals surface area (Å²) < 4.78 is 1.90. The minimum absolute atomic E-state index is 0.954. The van der Waals surface area contributed by atoms with Crippen molar-refractivity contribution in [1.82, 2.24) is 14.6 Å². The van der Waals surface area contributed by atoms with Crippen LogP contribution in [0.3, 0.4) is 0 Å². The van der Waals surface area contributed by atoms with Crippen LogP contribution in [-0.2, 0) is 0 Å². The molecular weight excluding hydrogens is 230 g/mol. The second-order valence-electron chi connectivity index (χ2n) is 4.28. The van der Waals surface area contributed by atoms with Crippen molar-refractivity contribution in [2.45, 2.75) is 20.8 Å². The van der Waals surface area contributed by atoms with Gasteiger partial charge in [0, 0.05) is 5.56 Å². The van der Waals surface area contributed by atoms with Crippen molar-refractivity contribution in [3.05, 3.63) is 40.5 Å². The number of hydrogen-bond acceptors (Lipinski definition) is 3. The number of benzene rings is 1. The van der Waals surface area contributed by atoms with E-state index >= 15 is 0 Å². The predicted octanol–water partition coefficient (Wildman–Crippen LogP) is 3.38. The van der Waals surface area contributed by atoms with E-state index in [1.165, 1.54) is 16.7 Å². The number of aryl methyl sites for hydroxylation is 3. The zero-order chi connectivity index (χ0) is 12.0. The molecule has 4 heteroatoms.